The predicted molar refractivity (Wildman–Crippen MR) is 78.1 cm³/mol. The number of aromatic nitrogens is 4. The molecule has 0 spiro atoms. The normalized spacial score (nSPS) is 18.0. The number of carbonyl (C=O) groups is 1. The molecule has 1 N–H and O–H groups in total. The maximum atomic E-state index is 12.3. The minimum atomic E-state index is -0.122. The summed E-state index contributed by atoms with van der Waals surface area (Å²) in [6, 6.07) is 1.90. The molecule has 2 aliphatic carbocycles. The third-order valence-corrected chi connectivity index (χ3v) is 4.16. The standard InChI is InChI=1S/C15H19N5O/c1-19-14(6-13(18-19)11-4-5-11)15(21)17-12-7-16-20(9-12)8-10-2-3-10/h6-7,9-11H,2-5,8H2,1H3,(H,17,21). The van der Waals surface area contributed by atoms with Crippen molar-refractivity contribution in [2.24, 2.45) is 13.0 Å². The molecule has 6 nitrogen and oxygen atoms in total. The zero-order valence-electron chi connectivity index (χ0n) is 12.1. The summed E-state index contributed by atoms with van der Waals surface area (Å²) in [5, 5.41) is 11.6. The zero-order valence-corrected chi connectivity index (χ0v) is 12.1. The van der Waals surface area contributed by atoms with Gasteiger partial charge in [-0.25, -0.2) is 0 Å². The van der Waals surface area contributed by atoms with E-state index in [4.69, 9.17) is 0 Å². The molecule has 21 heavy (non-hydrogen) atoms. The largest absolute Gasteiger partial charge is 0.318 e. The van der Waals surface area contributed by atoms with Gasteiger partial charge in [0.2, 0.25) is 0 Å². The number of hydrogen-bond donors (Lipinski definition) is 1. The molecule has 0 unspecified atom stereocenters. The monoisotopic (exact) mass is 285 g/mol. The van der Waals surface area contributed by atoms with Crippen LogP contribution >= 0.6 is 0 Å². The molecule has 110 valence electrons. The van der Waals surface area contributed by atoms with Crippen molar-refractivity contribution in [3.63, 3.8) is 0 Å². The van der Waals surface area contributed by atoms with Gasteiger partial charge in [0.1, 0.15) is 5.69 Å². The van der Waals surface area contributed by atoms with Crippen LogP contribution in [0.25, 0.3) is 0 Å². The van der Waals surface area contributed by atoms with Crippen molar-refractivity contribution >= 4 is 11.6 Å². The fourth-order valence-corrected chi connectivity index (χ4v) is 2.57. The van der Waals surface area contributed by atoms with Crippen molar-refractivity contribution in [2.75, 3.05) is 5.32 Å². The highest BCUT2D eigenvalue weighted by molar-refractivity contribution is 6.03. The number of rotatable bonds is 5. The first-order valence-electron chi connectivity index (χ1n) is 7.57. The Morgan fingerprint density at radius 3 is 2.90 bits per heavy atom. The van der Waals surface area contributed by atoms with E-state index in [2.05, 4.69) is 15.5 Å². The minimum Gasteiger partial charge on any atom is -0.318 e. The molecule has 2 saturated carbocycles. The van der Waals surface area contributed by atoms with E-state index in [9.17, 15) is 4.79 Å². The summed E-state index contributed by atoms with van der Waals surface area (Å²) in [7, 11) is 1.82. The Balaban J connectivity index is 1.45. The molecule has 0 atom stereocenters. The Hall–Kier alpha value is -2.11. The van der Waals surface area contributed by atoms with Gasteiger partial charge >= 0.3 is 0 Å². The molecule has 0 aliphatic heterocycles. The van der Waals surface area contributed by atoms with E-state index in [1.165, 1.54) is 25.7 Å². The molecule has 1 amide bonds. The van der Waals surface area contributed by atoms with Gasteiger partial charge in [0.15, 0.2) is 0 Å². The topological polar surface area (TPSA) is 64.7 Å². The van der Waals surface area contributed by atoms with Crippen LogP contribution in [-0.2, 0) is 13.6 Å². The molecule has 0 aromatic carbocycles. The van der Waals surface area contributed by atoms with Crippen molar-refractivity contribution in [1.29, 1.82) is 0 Å². The predicted octanol–water partition coefficient (Wildman–Crippen LogP) is 2.16. The van der Waals surface area contributed by atoms with Gasteiger partial charge < -0.3 is 5.32 Å². The van der Waals surface area contributed by atoms with Crippen molar-refractivity contribution in [2.45, 2.75) is 38.1 Å². The molecule has 2 aromatic rings. The number of carbonyl (C=O) groups excluding carboxylic acids is 1. The third kappa shape index (κ3) is 2.70. The maximum Gasteiger partial charge on any atom is 0.274 e. The van der Waals surface area contributed by atoms with E-state index in [-0.39, 0.29) is 5.91 Å². The zero-order chi connectivity index (χ0) is 14.4. The lowest BCUT2D eigenvalue weighted by Gasteiger charge is -2.02. The van der Waals surface area contributed by atoms with Crippen molar-refractivity contribution in [3.8, 4) is 0 Å². The molecule has 2 heterocycles. The summed E-state index contributed by atoms with van der Waals surface area (Å²) in [6.07, 6.45) is 8.56. The Kier molecular flexibility index (Phi) is 2.83. The van der Waals surface area contributed by atoms with Crippen molar-refractivity contribution in [1.82, 2.24) is 19.6 Å². The lowest BCUT2D eigenvalue weighted by atomic mass is 10.2. The van der Waals surface area contributed by atoms with Gasteiger partial charge in [-0.1, -0.05) is 0 Å². The van der Waals surface area contributed by atoms with Crippen LogP contribution in [0.4, 0.5) is 5.69 Å². The summed E-state index contributed by atoms with van der Waals surface area (Å²) >= 11 is 0. The minimum absolute atomic E-state index is 0.122. The summed E-state index contributed by atoms with van der Waals surface area (Å²) in [4.78, 5) is 12.3. The molecule has 0 radical (unpaired) electrons. The average molecular weight is 285 g/mol. The lowest BCUT2D eigenvalue weighted by molar-refractivity contribution is 0.101. The third-order valence-electron chi connectivity index (χ3n) is 4.16. The van der Waals surface area contributed by atoms with Gasteiger partial charge in [0.05, 0.1) is 17.6 Å². The number of aryl methyl sites for hydroxylation is 1. The second-order valence-corrected chi connectivity index (χ2v) is 6.20. The molecule has 2 aliphatic rings. The Morgan fingerprint density at radius 1 is 1.38 bits per heavy atom. The van der Waals surface area contributed by atoms with Crippen LogP contribution in [-0.4, -0.2) is 25.5 Å². The first-order chi connectivity index (χ1) is 10.2. The van der Waals surface area contributed by atoms with Crippen LogP contribution in [0.5, 0.6) is 0 Å². The van der Waals surface area contributed by atoms with Crippen molar-refractivity contribution in [3.05, 3.63) is 29.8 Å². The first kappa shape index (κ1) is 12.6. The average Bonchev–Trinajstić information content (AvgIpc) is 3.36. The molecule has 2 aromatic heterocycles. The highest BCUT2D eigenvalue weighted by atomic mass is 16.2. The number of nitrogens with zero attached hydrogens (tertiary/aromatic N) is 4. The van der Waals surface area contributed by atoms with E-state index in [1.54, 1.807) is 10.9 Å². The molecule has 6 heteroatoms. The maximum absolute atomic E-state index is 12.3. The Morgan fingerprint density at radius 2 is 2.19 bits per heavy atom. The van der Waals surface area contributed by atoms with Crippen molar-refractivity contribution < 1.29 is 4.79 Å². The molecule has 0 bridgehead atoms. The summed E-state index contributed by atoms with van der Waals surface area (Å²) in [5.74, 6) is 1.20. The second-order valence-electron chi connectivity index (χ2n) is 6.20. The molecular weight excluding hydrogens is 266 g/mol. The summed E-state index contributed by atoms with van der Waals surface area (Å²) < 4.78 is 3.57. The van der Waals surface area contributed by atoms with E-state index >= 15 is 0 Å². The number of nitrogens with one attached hydrogen (secondary N) is 1. The van der Waals surface area contributed by atoms with Gasteiger partial charge in [-0.3, -0.25) is 14.2 Å². The van der Waals surface area contributed by atoms with E-state index in [0.717, 1.165) is 23.8 Å². The Labute approximate surface area is 123 Å². The van der Waals surface area contributed by atoms with Gasteiger partial charge in [-0.15, -0.1) is 0 Å². The highest BCUT2D eigenvalue weighted by Crippen LogP contribution is 2.39. The van der Waals surface area contributed by atoms with Crippen LogP contribution in [0.1, 0.15) is 47.8 Å². The lowest BCUT2D eigenvalue weighted by Crippen LogP contribution is -2.15. The van der Waals surface area contributed by atoms with Crippen LogP contribution < -0.4 is 5.32 Å². The van der Waals surface area contributed by atoms with E-state index in [1.807, 2.05) is 24.0 Å². The number of anilines is 1. The second kappa shape index (κ2) is 4.72. The smallest absolute Gasteiger partial charge is 0.274 e. The van der Waals surface area contributed by atoms with Gasteiger partial charge in [-0.05, 0) is 37.7 Å². The molecule has 0 saturated heterocycles. The fourth-order valence-electron chi connectivity index (χ4n) is 2.57. The quantitative estimate of drug-likeness (QED) is 0.915. The van der Waals surface area contributed by atoms with E-state index < -0.39 is 0 Å². The summed E-state index contributed by atoms with van der Waals surface area (Å²) in [6.45, 7) is 0.952. The summed E-state index contributed by atoms with van der Waals surface area (Å²) in [5.41, 5.74) is 2.38. The molecule has 2 fully saturated rings. The Bertz CT molecular complexity index is 678. The van der Waals surface area contributed by atoms with Crippen LogP contribution in [0.3, 0.4) is 0 Å². The van der Waals surface area contributed by atoms with Gasteiger partial charge in [0, 0.05) is 25.7 Å². The van der Waals surface area contributed by atoms with Gasteiger partial charge in [-0.2, -0.15) is 10.2 Å². The SMILES string of the molecule is Cn1nc(C2CC2)cc1C(=O)Nc1cnn(CC2CC2)c1. The van der Waals surface area contributed by atoms with Crippen LogP contribution in [0.15, 0.2) is 18.5 Å². The number of hydrogen-bond acceptors (Lipinski definition) is 3. The van der Waals surface area contributed by atoms with Crippen LogP contribution in [0.2, 0.25) is 0 Å². The van der Waals surface area contributed by atoms with E-state index in [0.29, 0.717) is 11.6 Å². The van der Waals surface area contributed by atoms with Gasteiger partial charge in [0.25, 0.3) is 5.91 Å². The van der Waals surface area contributed by atoms with Crippen LogP contribution in [0, 0.1) is 5.92 Å². The first-order valence-corrected chi connectivity index (χ1v) is 7.57. The molecule has 4 rings (SSSR count). The fraction of sp³-hybridized carbons (Fsp3) is 0.533. The highest BCUT2D eigenvalue weighted by Gasteiger charge is 2.28. The number of amides is 1. The molecular formula is C15H19N5O.